The fraction of sp³-hybridized carbons (Fsp3) is 0.0690. The molecule has 0 spiro atoms. The molecule has 6 rings (SSSR count). The molecule has 8 heteroatoms. The van der Waals surface area contributed by atoms with E-state index in [1.165, 1.54) is 4.52 Å². The van der Waals surface area contributed by atoms with Crippen molar-refractivity contribution in [2.45, 2.75) is 13.3 Å². The molecule has 0 fully saturated rings. The van der Waals surface area contributed by atoms with Gasteiger partial charge in [-0.1, -0.05) is 89.7 Å². The van der Waals surface area contributed by atoms with Crippen LogP contribution in [0.3, 0.4) is 0 Å². The van der Waals surface area contributed by atoms with Gasteiger partial charge in [0.1, 0.15) is 5.69 Å². The van der Waals surface area contributed by atoms with E-state index in [1.54, 1.807) is 10.8 Å². The van der Waals surface area contributed by atoms with Gasteiger partial charge in [-0.3, -0.25) is 9.59 Å². The van der Waals surface area contributed by atoms with E-state index >= 15 is 0 Å². The predicted molar refractivity (Wildman–Crippen MR) is 145 cm³/mol. The highest BCUT2D eigenvalue weighted by atomic mass is 32.1. The highest BCUT2D eigenvalue weighted by Gasteiger charge is 2.15. The lowest BCUT2D eigenvalue weighted by Crippen LogP contribution is -2.28. The van der Waals surface area contributed by atoms with Crippen molar-refractivity contribution in [3.05, 3.63) is 139 Å². The van der Waals surface area contributed by atoms with Crippen LogP contribution in [0.4, 0.5) is 0 Å². The van der Waals surface area contributed by atoms with E-state index < -0.39 is 5.56 Å². The molecule has 0 aliphatic carbocycles. The van der Waals surface area contributed by atoms with Crippen LogP contribution in [0, 0.1) is 6.92 Å². The van der Waals surface area contributed by atoms with Crippen molar-refractivity contribution in [2.75, 3.05) is 0 Å². The number of hydrogen-bond donors (Lipinski definition) is 0. The zero-order chi connectivity index (χ0) is 25.4. The first kappa shape index (κ1) is 22.8. The molecule has 0 saturated heterocycles. The summed E-state index contributed by atoms with van der Waals surface area (Å²) in [5.74, 6) is 0. The van der Waals surface area contributed by atoms with Gasteiger partial charge in [-0.15, -0.1) is 0 Å². The Morgan fingerprint density at radius 2 is 1.57 bits per heavy atom. The van der Waals surface area contributed by atoms with E-state index in [0.717, 1.165) is 45.0 Å². The van der Waals surface area contributed by atoms with Crippen molar-refractivity contribution in [3.8, 4) is 16.9 Å². The number of fused-ring (bicyclic) bond motifs is 1. The number of thiazole rings is 1. The van der Waals surface area contributed by atoms with Gasteiger partial charge in [0.15, 0.2) is 0 Å². The third-order valence-corrected chi connectivity index (χ3v) is 7.00. The van der Waals surface area contributed by atoms with E-state index in [9.17, 15) is 9.59 Å². The average molecular weight is 504 g/mol. The minimum Gasteiger partial charge on any atom is -0.266 e. The van der Waals surface area contributed by atoms with Crippen molar-refractivity contribution in [1.29, 1.82) is 0 Å². The molecule has 0 saturated carbocycles. The van der Waals surface area contributed by atoms with Gasteiger partial charge >= 0.3 is 0 Å². The Balaban J connectivity index is 1.49. The van der Waals surface area contributed by atoms with Crippen LogP contribution in [0.5, 0.6) is 0 Å². The molecule has 180 valence electrons. The number of nitrogens with zero attached hydrogens (tertiary/aromatic N) is 5. The molecule has 3 aromatic carbocycles. The van der Waals surface area contributed by atoms with Crippen LogP contribution < -0.4 is 15.7 Å². The smallest absolute Gasteiger partial charge is 0.266 e. The normalized spacial score (nSPS) is 11.9. The topological polar surface area (TPSA) is 82.2 Å². The van der Waals surface area contributed by atoms with Crippen LogP contribution in [-0.4, -0.2) is 24.4 Å². The summed E-state index contributed by atoms with van der Waals surface area (Å²) in [5.41, 5.74) is 4.96. The molecule has 0 atom stereocenters. The van der Waals surface area contributed by atoms with Gasteiger partial charge in [-0.2, -0.15) is 19.7 Å². The molecule has 37 heavy (non-hydrogen) atoms. The van der Waals surface area contributed by atoms with Gasteiger partial charge < -0.3 is 0 Å². The number of rotatable bonds is 5. The Hall–Kier alpha value is -4.69. The SMILES string of the molecule is Cc1ccc(-c2nn(-c3ccccc3)cc2/C=c2\sc3nc(=O)c(Cc4ccccc4)nn3c2=O)cc1. The predicted octanol–water partition coefficient (Wildman–Crippen LogP) is 3.81. The first-order valence-electron chi connectivity index (χ1n) is 11.8. The van der Waals surface area contributed by atoms with E-state index in [2.05, 4.69) is 10.1 Å². The van der Waals surface area contributed by atoms with Crippen LogP contribution >= 0.6 is 11.3 Å². The van der Waals surface area contributed by atoms with E-state index in [4.69, 9.17) is 5.10 Å². The Bertz CT molecular complexity index is 1890. The molecule has 0 bridgehead atoms. The fourth-order valence-corrected chi connectivity index (χ4v) is 5.02. The van der Waals surface area contributed by atoms with E-state index in [1.807, 2.05) is 98.0 Å². The highest BCUT2D eigenvalue weighted by Crippen LogP contribution is 2.25. The summed E-state index contributed by atoms with van der Waals surface area (Å²) in [7, 11) is 0. The molecule has 0 amide bonds. The highest BCUT2D eigenvalue weighted by molar-refractivity contribution is 7.15. The summed E-state index contributed by atoms with van der Waals surface area (Å²) in [6.07, 6.45) is 4.01. The lowest BCUT2D eigenvalue weighted by Gasteiger charge is -2.01. The molecule has 6 aromatic rings. The van der Waals surface area contributed by atoms with E-state index in [-0.39, 0.29) is 16.2 Å². The van der Waals surface area contributed by atoms with Gasteiger partial charge in [-0.25, -0.2) is 4.68 Å². The van der Waals surface area contributed by atoms with Crippen LogP contribution in [0.1, 0.15) is 22.4 Å². The standard InChI is InChI=1S/C29H21N5O2S/c1-19-12-14-21(15-13-19)26-22(18-33(32-26)23-10-6-3-7-11-23)17-25-28(36)34-29(37-25)30-27(35)24(31-34)16-20-8-4-2-5-9-20/h2-15,17-18H,16H2,1H3/b25-17-. The summed E-state index contributed by atoms with van der Waals surface area (Å²) in [6, 6.07) is 27.5. The second-order valence-corrected chi connectivity index (χ2v) is 9.72. The summed E-state index contributed by atoms with van der Waals surface area (Å²) in [5, 5.41) is 9.21. The van der Waals surface area contributed by atoms with Crippen molar-refractivity contribution < 1.29 is 0 Å². The number of aromatic nitrogens is 5. The fourth-order valence-electron chi connectivity index (χ4n) is 4.12. The van der Waals surface area contributed by atoms with Crippen molar-refractivity contribution >= 4 is 22.4 Å². The lowest BCUT2D eigenvalue weighted by molar-refractivity contribution is 0.811. The quantitative estimate of drug-likeness (QED) is 0.357. The van der Waals surface area contributed by atoms with Crippen molar-refractivity contribution in [3.63, 3.8) is 0 Å². The molecule has 0 unspecified atom stereocenters. The van der Waals surface area contributed by atoms with Gasteiger partial charge in [-0.05, 0) is 30.7 Å². The lowest BCUT2D eigenvalue weighted by atomic mass is 10.1. The van der Waals surface area contributed by atoms with Gasteiger partial charge in [0, 0.05) is 23.7 Å². The summed E-state index contributed by atoms with van der Waals surface area (Å²) in [4.78, 5) is 30.4. The van der Waals surface area contributed by atoms with Crippen LogP contribution in [-0.2, 0) is 6.42 Å². The number of hydrogen-bond acceptors (Lipinski definition) is 6. The first-order valence-corrected chi connectivity index (χ1v) is 12.6. The summed E-state index contributed by atoms with van der Waals surface area (Å²) in [6.45, 7) is 2.04. The second kappa shape index (κ2) is 9.40. The Kier molecular flexibility index (Phi) is 5.78. The molecular weight excluding hydrogens is 482 g/mol. The Morgan fingerprint density at radius 1 is 0.865 bits per heavy atom. The van der Waals surface area contributed by atoms with Crippen LogP contribution in [0.25, 0.3) is 28.0 Å². The van der Waals surface area contributed by atoms with Crippen molar-refractivity contribution in [1.82, 2.24) is 24.4 Å². The van der Waals surface area contributed by atoms with Crippen molar-refractivity contribution in [2.24, 2.45) is 0 Å². The minimum absolute atomic E-state index is 0.238. The third-order valence-electron chi connectivity index (χ3n) is 6.04. The molecule has 0 aliphatic heterocycles. The monoisotopic (exact) mass is 503 g/mol. The molecule has 3 aromatic heterocycles. The molecule has 0 N–H and O–H groups in total. The maximum atomic E-state index is 13.3. The Morgan fingerprint density at radius 3 is 2.30 bits per heavy atom. The average Bonchev–Trinajstić information content (AvgIpc) is 3.47. The molecule has 0 radical (unpaired) electrons. The number of para-hydroxylation sites is 1. The van der Waals surface area contributed by atoms with Gasteiger partial charge in [0.05, 0.1) is 15.9 Å². The number of aryl methyl sites for hydroxylation is 1. The summed E-state index contributed by atoms with van der Waals surface area (Å²) >= 11 is 1.14. The van der Waals surface area contributed by atoms with Crippen LogP contribution in [0.2, 0.25) is 0 Å². The molecule has 7 nitrogen and oxygen atoms in total. The molecule has 0 aliphatic rings. The Labute approximate surface area is 215 Å². The molecular formula is C29H21N5O2S. The maximum absolute atomic E-state index is 13.3. The second-order valence-electron chi connectivity index (χ2n) is 8.72. The van der Waals surface area contributed by atoms with Crippen LogP contribution in [0.15, 0.2) is 101 Å². The van der Waals surface area contributed by atoms with Gasteiger partial charge in [0.25, 0.3) is 11.1 Å². The van der Waals surface area contributed by atoms with Gasteiger partial charge in [0.2, 0.25) is 4.96 Å². The molecule has 3 heterocycles. The minimum atomic E-state index is -0.422. The van der Waals surface area contributed by atoms with E-state index in [0.29, 0.717) is 11.0 Å². The largest absolute Gasteiger partial charge is 0.296 e. The first-order chi connectivity index (χ1) is 18.0. The number of benzene rings is 3. The maximum Gasteiger partial charge on any atom is 0.296 e. The summed E-state index contributed by atoms with van der Waals surface area (Å²) < 4.78 is 3.46. The zero-order valence-corrected chi connectivity index (χ0v) is 20.7. The zero-order valence-electron chi connectivity index (χ0n) is 19.9. The third kappa shape index (κ3) is 4.50.